The normalized spacial score (nSPS) is 11.9. The zero-order chi connectivity index (χ0) is 15.0. The SMILES string of the molecule is CCCC(COC)Nc1cccc(NCC)c1[N+](=O)[O-]. The lowest BCUT2D eigenvalue weighted by Gasteiger charge is -2.19. The standard InChI is InChI=1S/C14H23N3O3/c1-4-7-11(10-20-3)16-13-9-6-8-12(15-5-2)14(13)17(18)19/h6,8-9,11,15-16H,4-5,7,10H2,1-3H3. The van der Waals surface area contributed by atoms with E-state index in [1.807, 2.05) is 13.0 Å². The fourth-order valence-electron chi connectivity index (χ4n) is 2.16. The van der Waals surface area contributed by atoms with Crippen LogP contribution in [0.4, 0.5) is 17.1 Å². The summed E-state index contributed by atoms with van der Waals surface area (Å²) < 4.78 is 5.16. The number of para-hydroxylation sites is 1. The molecule has 1 aromatic carbocycles. The highest BCUT2D eigenvalue weighted by Gasteiger charge is 2.21. The number of methoxy groups -OCH3 is 1. The van der Waals surface area contributed by atoms with Crippen molar-refractivity contribution in [1.82, 2.24) is 0 Å². The number of hydrogen-bond donors (Lipinski definition) is 2. The molecule has 1 aromatic rings. The van der Waals surface area contributed by atoms with Crippen molar-refractivity contribution in [2.24, 2.45) is 0 Å². The first-order valence-corrected chi connectivity index (χ1v) is 6.90. The molecule has 6 nitrogen and oxygen atoms in total. The van der Waals surface area contributed by atoms with Gasteiger partial charge in [0.25, 0.3) is 0 Å². The van der Waals surface area contributed by atoms with Crippen molar-refractivity contribution in [1.29, 1.82) is 0 Å². The van der Waals surface area contributed by atoms with E-state index in [-0.39, 0.29) is 16.7 Å². The van der Waals surface area contributed by atoms with Crippen LogP contribution in [0.15, 0.2) is 18.2 Å². The molecule has 0 bridgehead atoms. The molecule has 1 rings (SSSR count). The first-order valence-electron chi connectivity index (χ1n) is 6.90. The predicted molar refractivity (Wildman–Crippen MR) is 81.5 cm³/mol. The fraction of sp³-hybridized carbons (Fsp3) is 0.571. The number of hydrogen-bond acceptors (Lipinski definition) is 5. The van der Waals surface area contributed by atoms with Crippen LogP contribution in [-0.2, 0) is 4.74 Å². The Hall–Kier alpha value is -1.82. The molecule has 0 radical (unpaired) electrons. The average Bonchev–Trinajstić information content (AvgIpc) is 2.39. The molecular weight excluding hydrogens is 258 g/mol. The van der Waals surface area contributed by atoms with Crippen LogP contribution in [0.1, 0.15) is 26.7 Å². The minimum absolute atomic E-state index is 0.0700. The van der Waals surface area contributed by atoms with Gasteiger partial charge in [-0.1, -0.05) is 19.4 Å². The van der Waals surface area contributed by atoms with Gasteiger partial charge in [0.05, 0.1) is 11.5 Å². The number of nitro groups is 1. The summed E-state index contributed by atoms with van der Waals surface area (Å²) in [7, 11) is 1.63. The van der Waals surface area contributed by atoms with Crippen molar-refractivity contribution in [2.45, 2.75) is 32.7 Å². The van der Waals surface area contributed by atoms with Crippen LogP contribution in [0.3, 0.4) is 0 Å². The van der Waals surface area contributed by atoms with Crippen LogP contribution < -0.4 is 10.6 Å². The number of nitrogens with one attached hydrogen (secondary N) is 2. The molecule has 0 fully saturated rings. The lowest BCUT2D eigenvalue weighted by molar-refractivity contribution is -0.383. The molecule has 0 aromatic heterocycles. The van der Waals surface area contributed by atoms with Gasteiger partial charge in [-0.15, -0.1) is 0 Å². The molecule has 6 heteroatoms. The van der Waals surface area contributed by atoms with Gasteiger partial charge in [0.15, 0.2) is 0 Å². The van der Waals surface area contributed by atoms with Crippen LogP contribution in [-0.4, -0.2) is 31.2 Å². The summed E-state index contributed by atoms with van der Waals surface area (Å²) in [4.78, 5) is 11.0. The van der Waals surface area contributed by atoms with Crippen LogP contribution in [0.25, 0.3) is 0 Å². The van der Waals surface area contributed by atoms with E-state index in [0.717, 1.165) is 12.8 Å². The molecule has 0 aliphatic rings. The third kappa shape index (κ3) is 4.38. The van der Waals surface area contributed by atoms with E-state index in [1.54, 1.807) is 19.2 Å². The van der Waals surface area contributed by atoms with Crippen molar-refractivity contribution in [2.75, 3.05) is 30.9 Å². The summed E-state index contributed by atoms with van der Waals surface area (Å²) in [5, 5.41) is 17.6. The third-order valence-electron chi connectivity index (χ3n) is 2.95. The molecule has 112 valence electrons. The summed E-state index contributed by atoms with van der Waals surface area (Å²) in [6.07, 6.45) is 1.89. The average molecular weight is 281 g/mol. The topological polar surface area (TPSA) is 76.4 Å². The lowest BCUT2D eigenvalue weighted by Crippen LogP contribution is -2.25. The Labute approximate surface area is 119 Å². The minimum Gasteiger partial charge on any atom is -0.383 e. The number of nitrogens with zero attached hydrogens (tertiary/aromatic N) is 1. The van der Waals surface area contributed by atoms with E-state index in [4.69, 9.17) is 4.74 Å². The second-order valence-electron chi connectivity index (χ2n) is 4.57. The summed E-state index contributed by atoms with van der Waals surface area (Å²) in [6, 6.07) is 5.33. The van der Waals surface area contributed by atoms with Crippen molar-refractivity contribution in [3.05, 3.63) is 28.3 Å². The molecule has 2 N–H and O–H groups in total. The van der Waals surface area contributed by atoms with E-state index in [1.165, 1.54) is 0 Å². The first kappa shape index (κ1) is 16.2. The number of rotatable bonds is 9. The molecule has 0 saturated carbocycles. The molecular formula is C14H23N3O3. The van der Waals surface area contributed by atoms with E-state index in [2.05, 4.69) is 17.6 Å². The monoisotopic (exact) mass is 281 g/mol. The van der Waals surface area contributed by atoms with Crippen LogP contribution in [0.2, 0.25) is 0 Å². The highest BCUT2D eigenvalue weighted by molar-refractivity contribution is 5.76. The Morgan fingerprint density at radius 3 is 2.60 bits per heavy atom. The van der Waals surface area contributed by atoms with Gasteiger partial charge < -0.3 is 15.4 Å². The maximum atomic E-state index is 11.3. The van der Waals surface area contributed by atoms with Crippen molar-refractivity contribution in [3.63, 3.8) is 0 Å². The second kappa shape index (κ2) is 8.37. The van der Waals surface area contributed by atoms with Gasteiger partial charge in [-0.05, 0) is 25.5 Å². The number of anilines is 2. The van der Waals surface area contributed by atoms with Gasteiger partial charge in [-0.2, -0.15) is 0 Å². The summed E-state index contributed by atoms with van der Waals surface area (Å²) in [6.45, 7) is 5.15. The quantitative estimate of drug-likeness (QED) is 0.536. The summed E-state index contributed by atoms with van der Waals surface area (Å²) in [5.74, 6) is 0. The Bertz CT molecular complexity index is 432. The Balaban J connectivity index is 3.03. The number of benzene rings is 1. The first-order chi connectivity index (χ1) is 9.63. The molecule has 20 heavy (non-hydrogen) atoms. The molecule has 1 unspecified atom stereocenters. The van der Waals surface area contributed by atoms with Gasteiger partial charge in [0.1, 0.15) is 11.4 Å². The fourth-order valence-corrected chi connectivity index (χ4v) is 2.16. The second-order valence-corrected chi connectivity index (χ2v) is 4.57. The Morgan fingerprint density at radius 1 is 1.35 bits per heavy atom. The molecule has 0 heterocycles. The van der Waals surface area contributed by atoms with Crippen LogP contribution in [0, 0.1) is 10.1 Å². The lowest BCUT2D eigenvalue weighted by atomic mass is 10.1. The van der Waals surface area contributed by atoms with Crippen molar-refractivity contribution < 1.29 is 9.66 Å². The summed E-state index contributed by atoms with van der Waals surface area (Å²) >= 11 is 0. The third-order valence-corrected chi connectivity index (χ3v) is 2.95. The van der Waals surface area contributed by atoms with E-state index < -0.39 is 0 Å². The molecule has 0 aliphatic carbocycles. The van der Waals surface area contributed by atoms with Gasteiger partial charge >= 0.3 is 5.69 Å². The van der Waals surface area contributed by atoms with Crippen LogP contribution >= 0.6 is 0 Å². The molecule has 0 spiro atoms. The van der Waals surface area contributed by atoms with Gasteiger partial charge in [-0.3, -0.25) is 10.1 Å². The summed E-state index contributed by atoms with van der Waals surface area (Å²) in [5.41, 5.74) is 1.16. The van der Waals surface area contributed by atoms with E-state index in [9.17, 15) is 10.1 Å². The van der Waals surface area contributed by atoms with Gasteiger partial charge in [-0.25, -0.2) is 0 Å². The molecule has 1 atom stereocenters. The number of nitro benzene ring substituents is 1. The zero-order valence-electron chi connectivity index (χ0n) is 12.3. The molecule has 0 aliphatic heterocycles. The van der Waals surface area contributed by atoms with E-state index in [0.29, 0.717) is 24.5 Å². The largest absolute Gasteiger partial charge is 0.383 e. The van der Waals surface area contributed by atoms with Gasteiger partial charge in [0.2, 0.25) is 0 Å². The highest BCUT2D eigenvalue weighted by Crippen LogP contribution is 2.33. The smallest absolute Gasteiger partial charge is 0.315 e. The van der Waals surface area contributed by atoms with Crippen molar-refractivity contribution >= 4 is 17.1 Å². The zero-order valence-corrected chi connectivity index (χ0v) is 12.3. The highest BCUT2D eigenvalue weighted by atomic mass is 16.6. The van der Waals surface area contributed by atoms with Gasteiger partial charge in [0, 0.05) is 19.7 Å². The minimum atomic E-state index is -0.351. The Morgan fingerprint density at radius 2 is 2.05 bits per heavy atom. The maximum absolute atomic E-state index is 11.3. The van der Waals surface area contributed by atoms with E-state index >= 15 is 0 Å². The molecule has 0 amide bonds. The van der Waals surface area contributed by atoms with Crippen molar-refractivity contribution in [3.8, 4) is 0 Å². The molecule has 0 saturated heterocycles. The van der Waals surface area contributed by atoms with Crippen LogP contribution in [0.5, 0.6) is 0 Å². The predicted octanol–water partition coefficient (Wildman–Crippen LogP) is 3.25. The number of ether oxygens (including phenoxy) is 1. The Kier molecular flexibility index (Phi) is 6.79. The maximum Gasteiger partial charge on any atom is 0.315 e.